The van der Waals surface area contributed by atoms with Crippen LogP contribution in [0.15, 0.2) is 4.66 Å². The van der Waals surface area contributed by atoms with Crippen molar-refractivity contribution in [3.8, 4) is 0 Å². The van der Waals surface area contributed by atoms with E-state index < -0.39 is 0 Å². The van der Waals surface area contributed by atoms with Gasteiger partial charge >= 0.3 is 0 Å². The van der Waals surface area contributed by atoms with Crippen LogP contribution in [0.2, 0.25) is 5.04 Å². The van der Waals surface area contributed by atoms with Crippen LogP contribution >= 0.6 is 0 Å². The highest BCUT2D eigenvalue weighted by molar-refractivity contribution is 6.38. The van der Waals surface area contributed by atoms with Crippen LogP contribution in [0.3, 0.4) is 0 Å². The molecule has 0 aromatic rings. The molecule has 0 bridgehead atoms. The second-order valence-corrected chi connectivity index (χ2v) is 8.25. The number of nitrogens with zero attached hydrogens (tertiary/aromatic N) is 1. The summed E-state index contributed by atoms with van der Waals surface area (Å²) in [6, 6.07) is 0. The van der Waals surface area contributed by atoms with E-state index >= 15 is 0 Å². The largest absolute Gasteiger partial charge is 0.340 e. The van der Waals surface area contributed by atoms with Gasteiger partial charge in [0.1, 0.15) is 0 Å². The Morgan fingerprint density at radius 3 is 2.31 bits per heavy atom. The molecular formula is C11H23NSi. The minimum absolute atomic E-state index is 0.226. The van der Waals surface area contributed by atoms with Gasteiger partial charge in [0, 0.05) is 0 Å². The predicted molar refractivity (Wildman–Crippen MR) is 63.3 cm³/mol. The fraction of sp³-hybridized carbons (Fsp3) is 0.909. The summed E-state index contributed by atoms with van der Waals surface area (Å²) in [5.74, 6) is 0.823. The van der Waals surface area contributed by atoms with Crippen molar-refractivity contribution < 1.29 is 0 Å². The van der Waals surface area contributed by atoms with E-state index in [4.69, 9.17) is 0 Å². The average Bonchev–Trinajstić information content (AvgIpc) is 2.04. The molecule has 0 unspecified atom stereocenters. The molecule has 0 aliphatic heterocycles. The Hall–Kier alpha value is -0.113. The third-order valence-corrected chi connectivity index (χ3v) is 3.87. The SMILES string of the molecule is CC(C)(C)[SiH2]/N=C/C1CCCCC1. The molecule has 1 rings (SSSR count). The molecule has 2 heteroatoms. The molecule has 1 aliphatic carbocycles. The Morgan fingerprint density at radius 2 is 1.77 bits per heavy atom. The van der Waals surface area contributed by atoms with Gasteiger partial charge in [0.25, 0.3) is 0 Å². The predicted octanol–water partition coefficient (Wildman–Crippen LogP) is 2.94. The summed E-state index contributed by atoms with van der Waals surface area (Å²) >= 11 is 0. The van der Waals surface area contributed by atoms with E-state index in [9.17, 15) is 0 Å². The van der Waals surface area contributed by atoms with Crippen molar-refractivity contribution in [1.82, 2.24) is 0 Å². The van der Waals surface area contributed by atoms with E-state index in [1.54, 1.807) is 0 Å². The van der Waals surface area contributed by atoms with Gasteiger partial charge < -0.3 is 4.66 Å². The number of hydrogen-bond acceptors (Lipinski definition) is 1. The molecule has 0 aromatic heterocycles. The molecule has 13 heavy (non-hydrogen) atoms. The Bertz CT molecular complexity index is 163. The molecule has 0 spiro atoms. The van der Waals surface area contributed by atoms with Crippen LogP contribution in [0.25, 0.3) is 0 Å². The smallest absolute Gasteiger partial charge is 0.155 e. The molecule has 0 N–H and O–H groups in total. The van der Waals surface area contributed by atoms with Gasteiger partial charge in [-0.15, -0.1) is 0 Å². The summed E-state index contributed by atoms with van der Waals surface area (Å²) in [5, 5.41) is 0.491. The molecule has 1 nitrogen and oxygen atoms in total. The molecular weight excluding hydrogens is 174 g/mol. The van der Waals surface area contributed by atoms with Crippen LogP contribution < -0.4 is 0 Å². The van der Waals surface area contributed by atoms with Gasteiger partial charge in [-0.05, 0) is 30.0 Å². The van der Waals surface area contributed by atoms with Crippen molar-refractivity contribution >= 4 is 15.9 Å². The summed E-state index contributed by atoms with van der Waals surface area (Å²) in [6.45, 7) is 6.91. The van der Waals surface area contributed by atoms with Gasteiger partial charge in [0.2, 0.25) is 0 Å². The lowest BCUT2D eigenvalue weighted by atomic mass is 9.90. The molecule has 0 amide bonds. The quantitative estimate of drug-likeness (QED) is 0.477. The minimum Gasteiger partial charge on any atom is -0.340 e. The molecule has 0 radical (unpaired) electrons. The lowest BCUT2D eigenvalue weighted by Gasteiger charge is -2.18. The zero-order chi connectivity index (χ0) is 9.73. The van der Waals surface area contributed by atoms with Crippen molar-refractivity contribution in [2.24, 2.45) is 10.6 Å². The van der Waals surface area contributed by atoms with Crippen molar-refractivity contribution in [1.29, 1.82) is 0 Å². The first kappa shape index (κ1) is 11.0. The standard InChI is InChI=1S/C11H23NSi/c1-11(2,3)13-12-9-10-7-5-4-6-8-10/h9-10H,4-8,13H2,1-3H3/b12-9+. The van der Waals surface area contributed by atoms with Gasteiger partial charge in [-0.3, -0.25) is 0 Å². The molecule has 0 heterocycles. The second-order valence-electron chi connectivity index (χ2n) is 5.45. The lowest BCUT2D eigenvalue weighted by molar-refractivity contribution is 0.445. The van der Waals surface area contributed by atoms with Crippen molar-refractivity contribution in [3.63, 3.8) is 0 Å². The van der Waals surface area contributed by atoms with Gasteiger partial charge in [-0.1, -0.05) is 40.0 Å². The van der Waals surface area contributed by atoms with Crippen LogP contribution in [0.1, 0.15) is 52.9 Å². The second kappa shape index (κ2) is 4.94. The maximum atomic E-state index is 4.68. The maximum absolute atomic E-state index is 4.68. The third-order valence-electron chi connectivity index (χ3n) is 2.53. The third kappa shape index (κ3) is 5.24. The Labute approximate surface area is 84.9 Å². The van der Waals surface area contributed by atoms with E-state index in [0.29, 0.717) is 5.04 Å². The molecule has 1 aliphatic rings. The van der Waals surface area contributed by atoms with Crippen LogP contribution in [-0.4, -0.2) is 15.9 Å². The Balaban J connectivity index is 2.22. The van der Waals surface area contributed by atoms with E-state index in [2.05, 4.69) is 31.6 Å². The molecule has 0 saturated heterocycles. The minimum atomic E-state index is -0.226. The van der Waals surface area contributed by atoms with Gasteiger partial charge in [-0.2, -0.15) is 0 Å². The summed E-state index contributed by atoms with van der Waals surface area (Å²) in [6.07, 6.45) is 9.35. The fourth-order valence-electron chi connectivity index (χ4n) is 1.76. The van der Waals surface area contributed by atoms with Crippen LogP contribution in [-0.2, 0) is 0 Å². The molecule has 0 aromatic carbocycles. The zero-order valence-electron chi connectivity index (χ0n) is 9.34. The van der Waals surface area contributed by atoms with E-state index in [-0.39, 0.29) is 9.68 Å². The summed E-state index contributed by atoms with van der Waals surface area (Å²) in [4.78, 5) is 0. The van der Waals surface area contributed by atoms with Crippen LogP contribution in [0, 0.1) is 5.92 Å². The van der Waals surface area contributed by atoms with Gasteiger partial charge in [0.15, 0.2) is 9.68 Å². The van der Waals surface area contributed by atoms with Crippen molar-refractivity contribution in [3.05, 3.63) is 0 Å². The summed E-state index contributed by atoms with van der Waals surface area (Å²) < 4.78 is 4.68. The van der Waals surface area contributed by atoms with E-state index in [1.165, 1.54) is 32.1 Å². The van der Waals surface area contributed by atoms with Crippen molar-refractivity contribution in [2.75, 3.05) is 0 Å². The van der Waals surface area contributed by atoms with Gasteiger partial charge in [-0.25, -0.2) is 0 Å². The zero-order valence-corrected chi connectivity index (χ0v) is 10.8. The number of rotatable bonds is 2. The monoisotopic (exact) mass is 197 g/mol. The number of hydrogen-bond donors (Lipinski definition) is 0. The normalized spacial score (nSPS) is 22.1. The lowest BCUT2D eigenvalue weighted by Crippen LogP contribution is -2.11. The van der Waals surface area contributed by atoms with Crippen molar-refractivity contribution in [2.45, 2.75) is 57.9 Å². The van der Waals surface area contributed by atoms with E-state index in [1.807, 2.05) is 0 Å². The molecule has 0 atom stereocenters. The molecule has 1 fully saturated rings. The highest BCUT2D eigenvalue weighted by atomic mass is 28.2. The first-order valence-electron chi connectivity index (χ1n) is 5.58. The Morgan fingerprint density at radius 1 is 1.15 bits per heavy atom. The first-order chi connectivity index (χ1) is 6.08. The van der Waals surface area contributed by atoms with E-state index in [0.717, 1.165) is 5.92 Å². The fourth-order valence-corrected chi connectivity index (χ4v) is 2.71. The molecule has 1 saturated carbocycles. The topological polar surface area (TPSA) is 12.4 Å². The maximum Gasteiger partial charge on any atom is 0.155 e. The van der Waals surface area contributed by atoms with Crippen LogP contribution in [0.5, 0.6) is 0 Å². The first-order valence-corrected chi connectivity index (χ1v) is 6.92. The summed E-state index contributed by atoms with van der Waals surface area (Å²) in [5.41, 5.74) is 0. The highest BCUT2D eigenvalue weighted by Gasteiger charge is 2.12. The Kier molecular flexibility index (Phi) is 4.17. The highest BCUT2D eigenvalue weighted by Crippen LogP contribution is 2.23. The average molecular weight is 197 g/mol. The van der Waals surface area contributed by atoms with Gasteiger partial charge in [0.05, 0.1) is 0 Å². The summed E-state index contributed by atoms with van der Waals surface area (Å²) in [7, 11) is -0.226. The van der Waals surface area contributed by atoms with Crippen LogP contribution in [0.4, 0.5) is 0 Å². The molecule has 76 valence electrons.